The predicted octanol–water partition coefficient (Wildman–Crippen LogP) is 4.97. The van der Waals surface area contributed by atoms with Crippen LogP contribution in [0.4, 0.5) is 15.3 Å². The van der Waals surface area contributed by atoms with E-state index < -0.39 is 23.4 Å². The van der Waals surface area contributed by atoms with Crippen LogP contribution in [0.1, 0.15) is 52.0 Å². The Morgan fingerprint density at radius 2 is 1.77 bits per heavy atom. The molecular weight excluding hydrogens is 404 g/mol. The molecule has 0 aliphatic rings. The summed E-state index contributed by atoms with van der Waals surface area (Å²) in [5.74, 6) is 0. The molecule has 0 saturated carbocycles. The van der Waals surface area contributed by atoms with Crippen LogP contribution in [-0.2, 0) is 15.9 Å². The third-order valence-electron chi connectivity index (χ3n) is 3.83. The SMILES string of the molecule is C=C[C@@H](Cc1sc2c(NC(=O)OC(C)(C)C)cnnc2c1C)NC(=O)OC(C)(C)C. The quantitative estimate of drug-likeness (QED) is 0.644. The average Bonchev–Trinajstić information content (AvgIpc) is 2.88. The van der Waals surface area contributed by atoms with Crippen molar-refractivity contribution in [2.24, 2.45) is 0 Å². The summed E-state index contributed by atoms with van der Waals surface area (Å²) in [7, 11) is 0. The lowest BCUT2D eigenvalue weighted by molar-refractivity contribution is 0.0513. The van der Waals surface area contributed by atoms with E-state index in [1.54, 1.807) is 26.8 Å². The second kappa shape index (κ2) is 8.99. The van der Waals surface area contributed by atoms with Crippen molar-refractivity contribution < 1.29 is 19.1 Å². The number of anilines is 1. The zero-order chi connectivity index (χ0) is 22.7. The van der Waals surface area contributed by atoms with Crippen molar-refractivity contribution in [3.63, 3.8) is 0 Å². The first-order valence-corrected chi connectivity index (χ1v) is 10.5. The summed E-state index contributed by atoms with van der Waals surface area (Å²) in [5, 5.41) is 13.8. The highest BCUT2D eigenvalue weighted by Crippen LogP contribution is 2.35. The maximum atomic E-state index is 12.2. The van der Waals surface area contributed by atoms with Gasteiger partial charge in [0.05, 0.1) is 22.6 Å². The topological polar surface area (TPSA) is 102 Å². The molecule has 2 amide bonds. The number of aryl methyl sites for hydroxylation is 1. The van der Waals surface area contributed by atoms with Gasteiger partial charge in [-0.25, -0.2) is 9.59 Å². The Bertz CT molecular complexity index is 941. The molecule has 2 rings (SSSR count). The van der Waals surface area contributed by atoms with Crippen molar-refractivity contribution in [2.75, 3.05) is 5.32 Å². The number of hydrogen-bond donors (Lipinski definition) is 2. The third-order valence-corrected chi connectivity index (χ3v) is 5.17. The third kappa shape index (κ3) is 6.69. The lowest BCUT2D eigenvalue weighted by Crippen LogP contribution is -2.39. The van der Waals surface area contributed by atoms with Gasteiger partial charge < -0.3 is 14.8 Å². The summed E-state index contributed by atoms with van der Waals surface area (Å²) in [6.45, 7) is 16.6. The standard InChI is InChI=1S/C21H30N4O4S/c1-9-13(23-18(26)28-20(3,4)5)10-15-12(2)16-17(30-15)14(11-22-25-16)24-19(27)29-21(6,7)8/h9,11,13H,1,10H2,2-8H3,(H,23,26)(H,24,25,27)/t13-/m0/s1. The van der Waals surface area contributed by atoms with E-state index in [-0.39, 0.29) is 6.04 Å². The van der Waals surface area contributed by atoms with Crippen LogP contribution < -0.4 is 10.6 Å². The Morgan fingerprint density at radius 3 is 2.33 bits per heavy atom. The first-order valence-electron chi connectivity index (χ1n) is 9.65. The van der Waals surface area contributed by atoms with E-state index in [2.05, 4.69) is 27.4 Å². The zero-order valence-corrected chi connectivity index (χ0v) is 19.4. The molecule has 1 atom stereocenters. The molecule has 0 radical (unpaired) electrons. The highest BCUT2D eigenvalue weighted by atomic mass is 32.1. The summed E-state index contributed by atoms with van der Waals surface area (Å²) < 4.78 is 11.4. The number of nitrogens with one attached hydrogen (secondary N) is 2. The Kier molecular flexibility index (Phi) is 7.07. The molecule has 9 heteroatoms. The Morgan fingerprint density at radius 1 is 1.17 bits per heavy atom. The van der Waals surface area contributed by atoms with Crippen molar-refractivity contribution in [1.29, 1.82) is 0 Å². The molecule has 2 aromatic heterocycles. The molecule has 8 nitrogen and oxygen atoms in total. The van der Waals surface area contributed by atoms with Crippen molar-refractivity contribution in [3.05, 3.63) is 29.3 Å². The van der Waals surface area contributed by atoms with Crippen LogP contribution in [0.15, 0.2) is 18.9 Å². The van der Waals surface area contributed by atoms with E-state index in [9.17, 15) is 9.59 Å². The zero-order valence-electron chi connectivity index (χ0n) is 18.6. The summed E-state index contributed by atoms with van der Waals surface area (Å²) in [5.41, 5.74) is 0.979. The molecule has 2 heterocycles. The molecule has 164 valence electrons. The van der Waals surface area contributed by atoms with E-state index in [1.165, 1.54) is 17.5 Å². The maximum Gasteiger partial charge on any atom is 0.412 e. The summed E-state index contributed by atoms with van der Waals surface area (Å²) in [6.07, 6.45) is 2.62. The van der Waals surface area contributed by atoms with Crippen molar-refractivity contribution in [1.82, 2.24) is 15.5 Å². The average molecular weight is 435 g/mol. The smallest absolute Gasteiger partial charge is 0.412 e. The number of hydrogen-bond acceptors (Lipinski definition) is 7. The van der Waals surface area contributed by atoms with Crippen molar-refractivity contribution in [3.8, 4) is 0 Å². The number of nitrogens with zero attached hydrogens (tertiary/aromatic N) is 2. The molecule has 0 spiro atoms. The molecule has 30 heavy (non-hydrogen) atoms. The van der Waals surface area contributed by atoms with Crippen LogP contribution in [0.2, 0.25) is 0 Å². The molecule has 0 unspecified atom stereocenters. The molecule has 0 fully saturated rings. The Balaban J connectivity index is 2.22. The fourth-order valence-electron chi connectivity index (χ4n) is 2.61. The number of alkyl carbamates (subject to hydrolysis) is 1. The minimum absolute atomic E-state index is 0.318. The van der Waals surface area contributed by atoms with Gasteiger partial charge >= 0.3 is 12.2 Å². The number of aromatic nitrogens is 2. The number of amides is 2. The van der Waals surface area contributed by atoms with Gasteiger partial charge in [-0.2, -0.15) is 5.10 Å². The van der Waals surface area contributed by atoms with Gasteiger partial charge in [0.1, 0.15) is 16.7 Å². The summed E-state index contributed by atoms with van der Waals surface area (Å²) in [6, 6.07) is -0.318. The van der Waals surface area contributed by atoms with Crippen LogP contribution >= 0.6 is 11.3 Å². The van der Waals surface area contributed by atoms with Gasteiger partial charge in [0, 0.05) is 11.3 Å². The number of rotatable bonds is 5. The van der Waals surface area contributed by atoms with E-state index >= 15 is 0 Å². The van der Waals surface area contributed by atoms with Gasteiger partial charge in [-0.05, 0) is 54.0 Å². The van der Waals surface area contributed by atoms with Crippen LogP contribution in [-0.4, -0.2) is 39.6 Å². The van der Waals surface area contributed by atoms with Gasteiger partial charge in [0.15, 0.2) is 0 Å². The minimum atomic E-state index is -0.606. The van der Waals surface area contributed by atoms with Gasteiger partial charge in [0.25, 0.3) is 0 Å². The molecule has 0 aromatic carbocycles. The molecule has 0 saturated heterocycles. The molecular formula is C21H30N4O4S. The van der Waals surface area contributed by atoms with Crippen LogP contribution in [0, 0.1) is 6.92 Å². The highest BCUT2D eigenvalue weighted by Gasteiger charge is 2.22. The Hall–Kier alpha value is -2.68. The largest absolute Gasteiger partial charge is 0.444 e. The van der Waals surface area contributed by atoms with Crippen LogP contribution in [0.25, 0.3) is 10.2 Å². The normalized spacial score (nSPS) is 12.9. The predicted molar refractivity (Wildman–Crippen MR) is 119 cm³/mol. The van der Waals surface area contributed by atoms with Crippen molar-refractivity contribution in [2.45, 2.75) is 72.1 Å². The number of fused-ring (bicyclic) bond motifs is 1. The first-order chi connectivity index (χ1) is 13.8. The van der Waals surface area contributed by atoms with Crippen LogP contribution in [0.3, 0.4) is 0 Å². The van der Waals surface area contributed by atoms with E-state index in [0.29, 0.717) is 17.6 Å². The lowest BCUT2D eigenvalue weighted by atomic mass is 10.1. The van der Waals surface area contributed by atoms with Gasteiger partial charge in [-0.3, -0.25) is 5.32 Å². The monoisotopic (exact) mass is 434 g/mol. The first kappa shape index (κ1) is 23.6. The second-order valence-corrected chi connectivity index (χ2v) is 10.0. The molecule has 2 N–H and O–H groups in total. The van der Waals surface area contributed by atoms with E-state index in [0.717, 1.165) is 15.1 Å². The maximum absolute atomic E-state index is 12.2. The lowest BCUT2D eigenvalue weighted by Gasteiger charge is -2.22. The molecule has 0 bridgehead atoms. The van der Waals surface area contributed by atoms with Gasteiger partial charge in [-0.15, -0.1) is 23.0 Å². The van der Waals surface area contributed by atoms with Crippen LogP contribution in [0.5, 0.6) is 0 Å². The van der Waals surface area contributed by atoms with Gasteiger partial charge in [-0.1, -0.05) is 6.08 Å². The minimum Gasteiger partial charge on any atom is -0.444 e. The molecule has 0 aliphatic carbocycles. The Labute approximate surface area is 181 Å². The van der Waals surface area contributed by atoms with E-state index in [4.69, 9.17) is 9.47 Å². The number of ether oxygens (including phenoxy) is 2. The fourth-order valence-corrected chi connectivity index (χ4v) is 3.87. The fraction of sp³-hybridized carbons (Fsp3) is 0.524. The summed E-state index contributed by atoms with van der Waals surface area (Å²) >= 11 is 1.48. The van der Waals surface area contributed by atoms with E-state index in [1.807, 2.05) is 27.7 Å². The van der Waals surface area contributed by atoms with Crippen molar-refractivity contribution >= 4 is 39.4 Å². The number of carbonyl (C=O) groups is 2. The molecule has 2 aromatic rings. The number of carbonyl (C=O) groups excluding carboxylic acids is 2. The second-order valence-electron chi connectivity index (χ2n) is 8.91. The summed E-state index contributed by atoms with van der Waals surface area (Å²) in [4.78, 5) is 25.3. The molecule has 0 aliphatic heterocycles. The highest BCUT2D eigenvalue weighted by molar-refractivity contribution is 7.19. The number of thiophene rings is 1. The van der Waals surface area contributed by atoms with Gasteiger partial charge in [0.2, 0.25) is 0 Å².